The van der Waals surface area contributed by atoms with Crippen LogP contribution in [0.3, 0.4) is 0 Å². The molecular formula is C33H39N5O8. The second kappa shape index (κ2) is 12.5. The monoisotopic (exact) mass is 633 g/mol. The first-order valence-corrected chi connectivity index (χ1v) is 15.2. The Bertz CT molecular complexity index is 1760. The van der Waals surface area contributed by atoms with Gasteiger partial charge in [0.05, 0.1) is 25.3 Å². The third kappa shape index (κ3) is 7.53. The molecule has 0 atom stereocenters. The van der Waals surface area contributed by atoms with E-state index in [9.17, 15) is 19.2 Å². The standard InChI is InChI=1S/C33H39N5O8/c1-8-44-28(40)23-15-38(19-9-10-19)26-21(27(23)39)12-11-20-22-14-34-25(13-18(22)16-43-17-24(20)26)35-29(36-30(41)45-32(2,3)4)37-31(42)46-33(5,6)7/h11-15,19H,8-10,16-17H2,1-7H3,(H2,34,35,36,37,41,42). The fourth-order valence-corrected chi connectivity index (χ4v) is 5.09. The Labute approximate surface area is 266 Å². The van der Waals surface area contributed by atoms with E-state index in [0.29, 0.717) is 5.39 Å². The van der Waals surface area contributed by atoms with Crippen LogP contribution in [-0.2, 0) is 32.2 Å². The number of pyridine rings is 2. The maximum Gasteiger partial charge on any atom is 0.414 e. The number of hydrogen-bond acceptors (Lipinski definition) is 10. The zero-order chi connectivity index (χ0) is 33.4. The minimum Gasteiger partial charge on any atom is -0.462 e. The van der Waals surface area contributed by atoms with Gasteiger partial charge in [-0.3, -0.25) is 15.4 Å². The van der Waals surface area contributed by atoms with E-state index in [2.05, 4.69) is 20.6 Å². The molecule has 0 saturated heterocycles. The topological polar surface area (TPSA) is 159 Å². The number of benzene rings is 1. The molecule has 5 rings (SSSR count). The minimum atomic E-state index is -0.825. The van der Waals surface area contributed by atoms with E-state index < -0.39 is 29.4 Å². The van der Waals surface area contributed by atoms with Crippen LogP contribution in [0.2, 0.25) is 0 Å². The van der Waals surface area contributed by atoms with E-state index in [4.69, 9.17) is 18.9 Å². The van der Waals surface area contributed by atoms with Crippen LogP contribution in [0.25, 0.3) is 22.0 Å². The van der Waals surface area contributed by atoms with Crippen molar-refractivity contribution in [2.24, 2.45) is 4.99 Å². The average Bonchev–Trinajstić information content (AvgIpc) is 3.78. The van der Waals surface area contributed by atoms with Gasteiger partial charge in [0.2, 0.25) is 11.4 Å². The van der Waals surface area contributed by atoms with Crippen LogP contribution in [0.15, 0.2) is 40.4 Å². The SMILES string of the molecule is CCOC(=O)c1cn(C2CC2)c2c3c(ccc2c1=O)-c1cnc(N=C(NC(=O)OC(C)(C)C)NC(=O)OC(C)(C)C)cc1COC3. The van der Waals surface area contributed by atoms with Crippen LogP contribution in [0.4, 0.5) is 15.4 Å². The van der Waals surface area contributed by atoms with Crippen LogP contribution in [0.1, 0.15) is 88.8 Å². The summed E-state index contributed by atoms with van der Waals surface area (Å²) in [5.41, 5.74) is 1.94. The highest BCUT2D eigenvalue weighted by molar-refractivity contribution is 6.02. The predicted molar refractivity (Wildman–Crippen MR) is 170 cm³/mol. The van der Waals surface area contributed by atoms with Crippen molar-refractivity contribution in [1.29, 1.82) is 0 Å². The fourth-order valence-electron chi connectivity index (χ4n) is 5.09. The van der Waals surface area contributed by atoms with E-state index in [1.165, 1.54) is 0 Å². The van der Waals surface area contributed by atoms with Gasteiger partial charge in [0.1, 0.15) is 16.8 Å². The van der Waals surface area contributed by atoms with Crippen molar-refractivity contribution in [3.05, 3.63) is 57.5 Å². The molecule has 1 aliphatic heterocycles. The molecule has 244 valence electrons. The molecule has 3 aromatic rings. The maximum absolute atomic E-state index is 13.5. The number of alkyl carbamates (subject to hydrolysis) is 2. The fraction of sp³-hybridized carbons (Fsp3) is 0.455. The van der Waals surface area contributed by atoms with Crippen molar-refractivity contribution in [2.45, 2.75) is 91.8 Å². The summed E-state index contributed by atoms with van der Waals surface area (Å²) in [5.74, 6) is -0.690. The highest BCUT2D eigenvalue weighted by atomic mass is 16.6. The normalized spacial score (nSPS) is 14.3. The Hall–Kier alpha value is -4.78. The molecule has 0 bridgehead atoms. The predicted octanol–water partition coefficient (Wildman–Crippen LogP) is 5.64. The summed E-state index contributed by atoms with van der Waals surface area (Å²) >= 11 is 0. The number of nitrogens with zero attached hydrogens (tertiary/aromatic N) is 3. The quantitative estimate of drug-likeness (QED) is 0.160. The lowest BCUT2D eigenvalue weighted by Crippen LogP contribution is -2.47. The molecule has 1 fully saturated rings. The van der Waals surface area contributed by atoms with Gasteiger partial charge in [0.15, 0.2) is 5.82 Å². The van der Waals surface area contributed by atoms with Gasteiger partial charge in [-0.15, -0.1) is 0 Å². The molecule has 2 amide bonds. The first kappa shape index (κ1) is 32.6. The van der Waals surface area contributed by atoms with Gasteiger partial charge >= 0.3 is 18.2 Å². The number of carbonyl (C=O) groups is 3. The number of guanidine groups is 1. The van der Waals surface area contributed by atoms with Crippen molar-refractivity contribution >= 4 is 40.8 Å². The van der Waals surface area contributed by atoms with Crippen LogP contribution in [0, 0.1) is 0 Å². The molecule has 2 aliphatic rings. The summed E-state index contributed by atoms with van der Waals surface area (Å²) in [4.78, 5) is 60.0. The Balaban J connectivity index is 1.55. The Morgan fingerprint density at radius 3 is 2.24 bits per heavy atom. The molecule has 3 heterocycles. The van der Waals surface area contributed by atoms with Crippen molar-refractivity contribution in [1.82, 2.24) is 20.2 Å². The van der Waals surface area contributed by atoms with Gasteiger partial charge < -0.3 is 23.5 Å². The number of hydrogen-bond donors (Lipinski definition) is 2. The summed E-state index contributed by atoms with van der Waals surface area (Å²) in [6.07, 6.45) is 3.46. The molecule has 0 spiro atoms. The van der Waals surface area contributed by atoms with E-state index in [1.807, 2.05) is 10.6 Å². The van der Waals surface area contributed by atoms with Gasteiger partial charge in [0, 0.05) is 34.9 Å². The zero-order valence-corrected chi connectivity index (χ0v) is 27.1. The van der Waals surface area contributed by atoms with Crippen molar-refractivity contribution in [3.63, 3.8) is 0 Å². The number of rotatable bonds is 4. The highest BCUT2D eigenvalue weighted by Crippen LogP contribution is 2.41. The summed E-state index contributed by atoms with van der Waals surface area (Å²) in [5, 5.41) is 5.33. The van der Waals surface area contributed by atoms with Gasteiger partial charge in [-0.05, 0) is 84.6 Å². The van der Waals surface area contributed by atoms with E-state index in [-0.39, 0.29) is 48.6 Å². The van der Waals surface area contributed by atoms with Crippen molar-refractivity contribution in [3.8, 4) is 11.1 Å². The van der Waals surface area contributed by atoms with Crippen LogP contribution in [0.5, 0.6) is 0 Å². The lowest BCUT2D eigenvalue weighted by atomic mass is 9.95. The van der Waals surface area contributed by atoms with Crippen LogP contribution < -0.4 is 16.1 Å². The van der Waals surface area contributed by atoms with E-state index in [0.717, 1.165) is 40.6 Å². The Kier molecular flexibility index (Phi) is 8.89. The highest BCUT2D eigenvalue weighted by Gasteiger charge is 2.30. The number of aromatic nitrogens is 2. The summed E-state index contributed by atoms with van der Waals surface area (Å²) < 4.78 is 23.9. The molecule has 46 heavy (non-hydrogen) atoms. The van der Waals surface area contributed by atoms with Crippen LogP contribution in [-0.4, -0.2) is 51.5 Å². The number of ether oxygens (including phenoxy) is 4. The molecule has 1 aromatic carbocycles. The van der Waals surface area contributed by atoms with E-state index >= 15 is 0 Å². The van der Waals surface area contributed by atoms with Gasteiger partial charge in [0.25, 0.3) is 0 Å². The second-order valence-electron chi connectivity index (χ2n) is 13.1. The first-order valence-electron chi connectivity index (χ1n) is 15.2. The number of fused-ring (bicyclic) bond motifs is 5. The lowest BCUT2D eigenvalue weighted by molar-refractivity contribution is 0.0516. The van der Waals surface area contributed by atoms with Crippen molar-refractivity contribution in [2.75, 3.05) is 6.61 Å². The summed E-state index contributed by atoms with van der Waals surface area (Å²) in [6.45, 7) is 12.6. The first-order chi connectivity index (χ1) is 21.6. The number of esters is 1. The zero-order valence-electron chi connectivity index (χ0n) is 27.1. The molecule has 0 radical (unpaired) electrons. The minimum absolute atomic E-state index is 0.0103. The van der Waals surface area contributed by atoms with Gasteiger partial charge in [-0.2, -0.15) is 4.99 Å². The maximum atomic E-state index is 13.5. The second-order valence-corrected chi connectivity index (χ2v) is 13.1. The smallest absolute Gasteiger partial charge is 0.414 e. The lowest BCUT2D eigenvalue weighted by Gasteiger charge is -2.22. The molecule has 1 saturated carbocycles. The van der Waals surface area contributed by atoms with Crippen molar-refractivity contribution < 1.29 is 33.3 Å². The van der Waals surface area contributed by atoms with Gasteiger partial charge in [-0.1, -0.05) is 6.07 Å². The summed E-state index contributed by atoms with van der Waals surface area (Å²) in [6, 6.07) is 5.42. The Morgan fingerprint density at radius 1 is 1.00 bits per heavy atom. The third-order valence-corrected chi connectivity index (χ3v) is 6.97. The number of carbonyl (C=O) groups excluding carboxylic acids is 3. The third-order valence-electron chi connectivity index (χ3n) is 6.97. The number of aliphatic imine (C=N–C) groups is 1. The molecule has 0 unspecified atom stereocenters. The number of nitrogens with one attached hydrogen (secondary N) is 2. The molecule has 1 aliphatic carbocycles. The van der Waals surface area contributed by atoms with Gasteiger partial charge in [-0.25, -0.2) is 19.4 Å². The Morgan fingerprint density at radius 2 is 1.65 bits per heavy atom. The average molecular weight is 634 g/mol. The molecule has 13 nitrogen and oxygen atoms in total. The number of amides is 2. The molecular weight excluding hydrogens is 594 g/mol. The summed E-state index contributed by atoms with van der Waals surface area (Å²) in [7, 11) is 0. The largest absolute Gasteiger partial charge is 0.462 e. The van der Waals surface area contributed by atoms with E-state index in [1.54, 1.807) is 73.0 Å². The molecule has 2 N–H and O–H groups in total. The van der Waals surface area contributed by atoms with Crippen LogP contribution >= 0.6 is 0 Å². The molecule has 13 heteroatoms. The molecule has 2 aromatic heterocycles.